The van der Waals surface area contributed by atoms with Gasteiger partial charge in [0.2, 0.25) is 5.75 Å². The summed E-state index contributed by atoms with van der Waals surface area (Å²) in [6.45, 7) is 5.69. The molecule has 8 nitrogen and oxygen atoms in total. The first-order valence-electron chi connectivity index (χ1n) is 9.47. The van der Waals surface area contributed by atoms with Crippen LogP contribution in [-0.2, 0) is 4.79 Å². The Balaban J connectivity index is 2.55. The summed E-state index contributed by atoms with van der Waals surface area (Å²) in [5.74, 6) is 0.201. The van der Waals surface area contributed by atoms with E-state index in [0.29, 0.717) is 28.6 Å². The number of nitro groups is 1. The number of thiocarbonyl (C=S) groups is 1. The second-order valence-corrected chi connectivity index (χ2v) is 7.27. The van der Waals surface area contributed by atoms with Gasteiger partial charge < -0.3 is 19.7 Å². The fourth-order valence-corrected chi connectivity index (χ4v) is 3.53. The Bertz CT molecular complexity index is 853. The average Bonchev–Trinajstić information content (AvgIpc) is 2.68. The van der Waals surface area contributed by atoms with Crippen LogP contribution in [0.4, 0.5) is 5.69 Å². The first-order valence-corrected chi connectivity index (χ1v) is 9.88. The summed E-state index contributed by atoms with van der Waals surface area (Å²) in [5, 5.41) is 15.3. The molecule has 0 aromatic heterocycles. The first kappa shape index (κ1) is 22.6. The molecule has 0 fully saturated rings. The third-order valence-corrected chi connectivity index (χ3v) is 5.33. The van der Waals surface area contributed by atoms with Crippen molar-refractivity contribution in [3.8, 4) is 11.5 Å². The van der Waals surface area contributed by atoms with E-state index in [2.05, 4.69) is 12.2 Å². The van der Waals surface area contributed by atoms with Crippen LogP contribution >= 0.6 is 12.2 Å². The molecular weight excluding hydrogens is 394 g/mol. The highest BCUT2D eigenvalue weighted by molar-refractivity contribution is 7.80. The molecule has 2 rings (SSSR count). The van der Waals surface area contributed by atoms with Crippen LogP contribution in [0, 0.1) is 10.1 Å². The van der Waals surface area contributed by atoms with E-state index in [1.165, 1.54) is 20.1 Å². The van der Waals surface area contributed by atoms with Gasteiger partial charge in [-0.05, 0) is 44.1 Å². The summed E-state index contributed by atoms with van der Waals surface area (Å²) in [6.07, 6.45) is 2.78. The van der Waals surface area contributed by atoms with E-state index in [1.807, 2.05) is 0 Å². The number of hydrogen-bond donors (Lipinski definition) is 1. The average molecular weight is 422 g/mol. The Kier molecular flexibility index (Phi) is 7.55. The van der Waals surface area contributed by atoms with Crippen molar-refractivity contribution in [2.45, 2.75) is 46.1 Å². The smallest absolute Gasteiger partial charge is 0.315 e. The van der Waals surface area contributed by atoms with Crippen molar-refractivity contribution in [2.75, 3.05) is 20.8 Å². The van der Waals surface area contributed by atoms with Gasteiger partial charge in [0.15, 0.2) is 16.6 Å². The number of benzene rings is 1. The molecule has 9 heteroatoms. The second-order valence-electron chi connectivity index (χ2n) is 6.88. The normalized spacial score (nSPS) is 16.5. The quantitative estimate of drug-likeness (QED) is 0.278. The topological polar surface area (TPSA) is 93.9 Å². The number of Topliss-reactive ketones (excluding diaryl/α,β-unsaturated/α-hetero) is 1. The minimum atomic E-state index is -0.613. The van der Waals surface area contributed by atoms with Crippen LogP contribution in [0.3, 0.4) is 0 Å². The maximum absolute atomic E-state index is 12.3. The third kappa shape index (κ3) is 4.84. The molecule has 1 aliphatic rings. The van der Waals surface area contributed by atoms with Crippen LogP contribution in [0.5, 0.6) is 11.5 Å². The maximum atomic E-state index is 12.3. The number of carbonyl (C=O) groups is 1. The lowest BCUT2D eigenvalue weighted by atomic mass is 9.92. The lowest BCUT2D eigenvalue weighted by molar-refractivity contribution is -0.386. The SMILES string of the molecule is CCCCCOc1c(OC)cc(C2NC(=S)N(C)C(C)=C2C(C)=O)cc1[N+](=O)[O-]. The Labute approximate surface area is 176 Å². The minimum absolute atomic E-state index is 0.0953. The molecule has 0 aliphatic carbocycles. The summed E-state index contributed by atoms with van der Waals surface area (Å²) in [7, 11) is 3.20. The third-order valence-electron chi connectivity index (χ3n) is 4.94. The number of nitro benzene ring substituents is 1. The predicted octanol–water partition coefficient (Wildman–Crippen LogP) is 3.90. The van der Waals surface area contributed by atoms with Gasteiger partial charge in [0.05, 0.1) is 24.7 Å². The summed E-state index contributed by atoms with van der Waals surface area (Å²) < 4.78 is 11.1. The first-order chi connectivity index (χ1) is 13.7. The largest absolute Gasteiger partial charge is 0.493 e. The van der Waals surface area contributed by atoms with E-state index >= 15 is 0 Å². The van der Waals surface area contributed by atoms with Crippen molar-refractivity contribution in [3.05, 3.63) is 39.1 Å². The van der Waals surface area contributed by atoms with Gasteiger partial charge in [-0.15, -0.1) is 0 Å². The molecule has 1 heterocycles. The number of ether oxygens (including phenoxy) is 2. The number of nitrogens with zero attached hydrogens (tertiary/aromatic N) is 2. The Morgan fingerprint density at radius 1 is 1.38 bits per heavy atom. The molecule has 0 spiro atoms. The molecule has 0 saturated heterocycles. The van der Waals surface area contributed by atoms with Crippen LogP contribution < -0.4 is 14.8 Å². The molecule has 1 aromatic carbocycles. The van der Waals surface area contributed by atoms with Crippen LogP contribution in [-0.4, -0.2) is 41.5 Å². The van der Waals surface area contributed by atoms with Crippen LogP contribution in [0.1, 0.15) is 51.6 Å². The van der Waals surface area contributed by atoms with E-state index in [0.717, 1.165) is 19.3 Å². The van der Waals surface area contributed by atoms with Gasteiger partial charge in [-0.3, -0.25) is 14.9 Å². The molecule has 0 radical (unpaired) electrons. The molecule has 0 amide bonds. The maximum Gasteiger partial charge on any atom is 0.315 e. The van der Waals surface area contributed by atoms with E-state index in [-0.39, 0.29) is 23.0 Å². The lowest BCUT2D eigenvalue weighted by Crippen LogP contribution is -2.45. The van der Waals surface area contributed by atoms with E-state index in [1.54, 1.807) is 24.9 Å². The molecule has 29 heavy (non-hydrogen) atoms. The number of unbranched alkanes of at least 4 members (excludes halogenated alkanes) is 2. The predicted molar refractivity (Wildman–Crippen MR) is 114 cm³/mol. The summed E-state index contributed by atoms with van der Waals surface area (Å²) in [4.78, 5) is 25.3. The van der Waals surface area contributed by atoms with Gasteiger partial charge in [0, 0.05) is 24.4 Å². The van der Waals surface area contributed by atoms with Crippen molar-refractivity contribution in [3.63, 3.8) is 0 Å². The fraction of sp³-hybridized carbons (Fsp3) is 0.500. The molecule has 1 aromatic rings. The number of ketones is 1. The van der Waals surface area contributed by atoms with Gasteiger partial charge in [0.1, 0.15) is 0 Å². The van der Waals surface area contributed by atoms with Gasteiger partial charge in [-0.2, -0.15) is 0 Å². The van der Waals surface area contributed by atoms with Gasteiger partial charge in [-0.1, -0.05) is 19.8 Å². The number of allylic oxidation sites excluding steroid dienone is 1. The number of carbonyl (C=O) groups excluding carboxylic acids is 1. The van der Waals surface area contributed by atoms with Crippen LogP contribution in [0.15, 0.2) is 23.4 Å². The number of hydrogen-bond acceptors (Lipinski definition) is 6. The number of methoxy groups -OCH3 is 1. The van der Waals surface area contributed by atoms with Crippen molar-refractivity contribution in [1.82, 2.24) is 10.2 Å². The van der Waals surface area contributed by atoms with E-state index in [4.69, 9.17) is 21.7 Å². The zero-order chi connectivity index (χ0) is 21.7. The monoisotopic (exact) mass is 421 g/mol. The Hall–Kier alpha value is -2.68. The molecule has 1 atom stereocenters. The standard InChI is InChI=1S/C20H27N3O5S/c1-6-7-8-9-28-19-15(23(25)26)10-14(11-16(19)27-5)18-17(13(3)24)12(2)22(4)20(29)21-18/h10-11,18H,6-9H2,1-5H3,(H,21,29). The van der Waals surface area contributed by atoms with Crippen molar-refractivity contribution in [2.24, 2.45) is 0 Å². The van der Waals surface area contributed by atoms with Crippen molar-refractivity contribution < 1.29 is 19.2 Å². The van der Waals surface area contributed by atoms with Crippen LogP contribution in [0.25, 0.3) is 0 Å². The van der Waals surface area contributed by atoms with Crippen molar-refractivity contribution >= 4 is 28.8 Å². The zero-order valence-corrected chi connectivity index (χ0v) is 18.2. The molecule has 1 unspecified atom stereocenters. The van der Waals surface area contributed by atoms with Crippen LogP contribution in [0.2, 0.25) is 0 Å². The summed E-state index contributed by atoms with van der Waals surface area (Å²) >= 11 is 5.36. The Morgan fingerprint density at radius 2 is 2.07 bits per heavy atom. The molecule has 1 aliphatic heterocycles. The highest BCUT2D eigenvalue weighted by Gasteiger charge is 2.33. The molecule has 1 N–H and O–H groups in total. The number of rotatable bonds is 9. The molecule has 0 bridgehead atoms. The molecule has 0 saturated carbocycles. The minimum Gasteiger partial charge on any atom is -0.493 e. The van der Waals surface area contributed by atoms with Crippen molar-refractivity contribution in [1.29, 1.82) is 0 Å². The van der Waals surface area contributed by atoms with Gasteiger partial charge in [-0.25, -0.2) is 0 Å². The van der Waals surface area contributed by atoms with Gasteiger partial charge in [0.25, 0.3) is 0 Å². The lowest BCUT2D eigenvalue weighted by Gasteiger charge is -2.35. The summed E-state index contributed by atoms with van der Waals surface area (Å²) in [6, 6.07) is 2.46. The fourth-order valence-electron chi connectivity index (χ4n) is 3.28. The number of nitrogens with one attached hydrogen (secondary N) is 1. The Morgan fingerprint density at radius 3 is 2.62 bits per heavy atom. The zero-order valence-electron chi connectivity index (χ0n) is 17.4. The van der Waals surface area contributed by atoms with E-state index in [9.17, 15) is 14.9 Å². The van der Waals surface area contributed by atoms with Gasteiger partial charge >= 0.3 is 5.69 Å². The molecule has 158 valence electrons. The highest BCUT2D eigenvalue weighted by Crippen LogP contribution is 2.42. The molecular formula is C20H27N3O5S. The second kappa shape index (κ2) is 9.69. The van der Waals surface area contributed by atoms with E-state index < -0.39 is 11.0 Å². The highest BCUT2D eigenvalue weighted by atomic mass is 32.1. The summed E-state index contributed by atoms with van der Waals surface area (Å²) in [5.41, 5.74) is 1.50.